The van der Waals surface area contributed by atoms with Gasteiger partial charge in [-0.3, -0.25) is 9.69 Å². The Morgan fingerprint density at radius 2 is 2.00 bits per heavy atom. The second kappa shape index (κ2) is 7.82. The van der Waals surface area contributed by atoms with Gasteiger partial charge in [0.05, 0.1) is 6.20 Å². The van der Waals surface area contributed by atoms with E-state index >= 15 is 0 Å². The molecule has 0 radical (unpaired) electrons. The number of pyridine rings is 1. The summed E-state index contributed by atoms with van der Waals surface area (Å²) in [6.45, 7) is 8.50. The third-order valence-corrected chi connectivity index (χ3v) is 5.68. The molecule has 3 amide bonds. The van der Waals surface area contributed by atoms with Crippen molar-refractivity contribution in [2.45, 2.75) is 70.8 Å². The molecular formula is C21H29N4O6+. The molecule has 4 unspecified atom stereocenters. The van der Waals surface area contributed by atoms with Gasteiger partial charge < -0.3 is 15.2 Å². The number of aromatic nitrogens is 1. The minimum absolute atomic E-state index is 0.211. The fourth-order valence-corrected chi connectivity index (χ4v) is 3.87. The number of rotatable bonds is 4. The molecule has 1 aromatic rings. The van der Waals surface area contributed by atoms with Crippen molar-refractivity contribution in [2.24, 2.45) is 0 Å². The Labute approximate surface area is 180 Å². The molecule has 0 aromatic carbocycles. The van der Waals surface area contributed by atoms with Crippen molar-refractivity contribution in [1.82, 2.24) is 10.2 Å². The highest BCUT2D eigenvalue weighted by molar-refractivity contribution is 6.05. The van der Waals surface area contributed by atoms with Gasteiger partial charge in [-0.25, -0.2) is 19.0 Å². The van der Waals surface area contributed by atoms with Crippen LogP contribution < -0.4 is 14.8 Å². The van der Waals surface area contributed by atoms with E-state index in [1.807, 2.05) is 4.57 Å². The molecule has 10 heteroatoms. The van der Waals surface area contributed by atoms with E-state index in [1.165, 1.54) is 18.9 Å². The van der Waals surface area contributed by atoms with Crippen LogP contribution in [-0.2, 0) is 25.5 Å². The number of ether oxygens (including phenoxy) is 1. The maximum atomic E-state index is 13.3. The number of carboxylic acids is 1. The number of amides is 3. The van der Waals surface area contributed by atoms with Crippen LogP contribution in [0.4, 0.5) is 10.6 Å². The van der Waals surface area contributed by atoms with Gasteiger partial charge in [-0.2, -0.15) is 4.90 Å². The fraction of sp³-hybridized carbons (Fsp3) is 0.571. The van der Waals surface area contributed by atoms with Gasteiger partial charge in [-0.05, 0) is 46.8 Å². The van der Waals surface area contributed by atoms with Gasteiger partial charge in [0.15, 0.2) is 6.04 Å². The standard InChI is InChI=1S/C21H28N4O6/c1-11-15(22-16(26)12(2)23(6)20(30)31-21(3,4)5)18(27)25-14(19(28)29)10-13-8-7-9-24(11)17(13)25/h7-9,11-12,14-15H,10H2,1-6H3,(H-,22,26,28,29)/p+1. The lowest BCUT2D eigenvalue weighted by Gasteiger charge is -2.33. The van der Waals surface area contributed by atoms with Crippen molar-refractivity contribution in [1.29, 1.82) is 0 Å². The van der Waals surface area contributed by atoms with E-state index < -0.39 is 53.6 Å². The summed E-state index contributed by atoms with van der Waals surface area (Å²) in [7, 11) is 1.45. The van der Waals surface area contributed by atoms with E-state index in [0.717, 1.165) is 10.5 Å². The van der Waals surface area contributed by atoms with Crippen molar-refractivity contribution in [3.8, 4) is 0 Å². The van der Waals surface area contributed by atoms with E-state index in [4.69, 9.17) is 4.74 Å². The lowest BCUT2D eigenvalue weighted by Crippen LogP contribution is -2.67. The van der Waals surface area contributed by atoms with Crippen LogP contribution in [0.5, 0.6) is 0 Å². The van der Waals surface area contributed by atoms with E-state index in [2.05, 4.69) is 5.32 Å². The molecule has 168 valence electrons. The summed E-state index contributed by atoms with van der Waals surface area (Å²) in [4.78, 5) is 52.6. The van der Waals surface area contributed by atoms with Crippen LogP contribution in [0.15, 0.2) is 18.3 Å². The number of nitrogens with one attached hydrogen (secondary N) is 1. The summed E-state index contributed by atoms with van der Waals surface area (Å²) in [5.41, 5.74) is 0.0626. The highest BCUT2D eigenvalue weighted by atomic mass is 16.6. The lowest BCUT2D eigenvalue weighted by atomic mass is 10.0. The molecule has 2 aliphatic heterocycles. The van der Waals surface area contributed by atoms with Gasteiger partial charge in [-0.15, -0.1) is 0 Å². The number of hydrogen-bond acceptors (Lipinski definition) is 5. The number of nitrogens with zero attached hydrogens (tertiary/aromatic N) is 3. The van der Waals surface area contributed by atoms with Crippen LogP contribution in [0, 0.1) is 0 Å². The molecule has 0 saturated heterocycles. The van der Waals surface area contributed by atoms with E-state index in [1.54, 1.807) is 46.0 Å². The lowest BCUT2D eigenvalue weighted by molar-refractivity contribution is -0.710. The number of anilines is 1. The fourth-order valence-electron chi connectivity index (χ4n) is 3.87. The van der Waals surface area contributed by atoms with Crippen LogP contribution in [-0.4, -0.2) is 64.7 Å². The predicted octanol–water partition coefficient (Wildman–Crippen LogP) is 0.631. The summed E-state index contributed by atoms with van der Waals surface area (Å²) >= 11 is 0. The van der Waals surface area contributed by atoms with Gasteiger partial charge in [0.2, 0.25) is 11.9 Å². The van der Waals surface area contributed by atoms with E-state index in [-0.39, 0.29) is 6.42 Å². The van der Waals surface area contributed by atoms with E-state index in [0.29, 0.717) is 5.82 Å². The Hall–Kier alpha value is -3.17. The highest BCUT2D eigenvalue weighted by Gasteiger charge is 2.55. The number of aliphatic carboxylic acids is 1. The zero-order chi connectivity index (χ0) is 23.2. The summed E-state index contributed by atoms with van der Waals surface area (Å²) in [6, 6.07) is 0.263. The Morgan fingerprint density at radius 3 is 2.58 bits per heavy atom. The second-order valence-corrected chi connectivity index (χ2v) is 9.02. The minimum Gasteiger partial charge on any atom is -0.478 e. The zero-order valence-electron chi connectivity index (χ0n) is 18.6. The highest BCUT2D eigenvalue weighted by Crippen LogP contribution is 2.34. The summed E-state index contributed by atoms with van der Waals surface area (Å²) in [5.74, 6) is -1.57. The first kappa shape index (κ1) is 22.5. The van der Waals surface area contributed by atoms with Crippen LogP contribution in [0.2, 0.25) is 0 Å². The Morgan fingerprint density at radius 1 is 1.35 bits per heavy atom. The monoisotopic (exact) mass is 433 g/mol. The molecule has 31 heavy (non-hydrogen) atoms. The zero-order valence-corrected chi connectivity index (χ0v) is 18.6. The maximum absolute atomic E-state index is 13.3. The molecular weight excluding hydrogens is 404 g/mol. The molecule has 0 fully saturated rings. The summed E-state index contributed by atoms with van der Waals surface area (Å²) in [5, 5.41) is 12.3. The number of hydrogen-bond donors (Lipinski definition) is 2. The molecule has 0 saturated carbocycles. The number of carbonyl (C=O) groups is 4. The summed E-state index contributed by atoms with van der Waals surface area (Å²) in [6.07, 6.45) is 1.32. The van der Waals surface area contributed by atoms with Crippen LogP contribution in [0.25, 0.3) is 0 Å². The van der Waals surface area contributed by atoms with Crippen molar-refractivity contribution in [3.05, 3.63) is 23.9 Å². The largest absolute Gasteiger partial charge is 0.478 e. The number of likely N-dealkylation sites (N-methyl/N-ethyl adjacent to an activating group) is 1. The molecule has 2 N–H and O–H groups in total. The Bertz CT molecular complexity index is 940. The van der Waals surface area contributed by atoms with Gasteiger partial charge >= 0.3 is 18.0 Å². The normalized spacial score (nSPS) is 23.1. The van der Waals surface area contributed by atoms with Crippen molar-refractivity contribution < 1.29 is 33.6 Å². The molecule has 3 rings (SSSR count). The smallest absolute Gasteiger partial charge is 0.410 e. The predicted molar refractivity (Wildman–Crippen MR) is 109 cm³/mol. The SMILES string of the molecule is CC(C(=O)NC1C(=O)N2c3c(ccc[n+]3C1C)CC2C(=O)O)N(C)C(=O)OC(C)(C)C. The molecule has 3 heterocycles. The number of carboxylic acid groups (broad SMARTS) is 1. The van der Waals surface area contributed by atoms with Gasteiger partial charge in [0, 0.05) is 19.0 Å². The Balaban J connectivity index is 1.82. The first-order valence-electron chi connectivity index (χ1n) is 10.2. The van der Waals surface area contributed by atoms with Crippen LogP contribution in [0.3, 0.4) is 0 Å². The van der Waals surface area contributed by atoms with Crippen molar-refractivity contribution in [3.63, 3.8) is 0 Å². The van der Waals surface area contributed by atoms with Crippen LogP contribution >= 0.6 is 0 Å². The Kier molecular flexibility index (Phi) is 5.68. The molecule has 10 nitrogen and oxygen atoms in total. The van der Waals surface area contributed by atoms with E-state index in [9.17, 15) is 24.3 Å². The molecule has 0 spiro atoms. The first-order valence-corrected chi connectivity index (χ1v) is 10.2. The average Bonchev–Trinajstić information content (AvgIpc) is 3.07. The molecule has 0 aliphatic carbocycles. The third kappa shape index (κ3) is 4.06. The average molecular weight is 433 g/mol. The third-order valence-electron chi connectivity index (χ3n) is 5.68. The summed E-state index contributed by atoms with van der Waals surface area (Å²) < 4.78 is 7.11. The second-order valence-electron chi connectivity index (χ2n) is 9.02. The topological polar surface area (TPSA) is 120 Å². The molecule has 2 aliphatic rings. The van der Waals surface area contributed by atoms with Crippen molar-refractivity contribution in [2.75, 3.05) is 11.9 Å². The van der Waals surface area contributed by atoms with Crippen molar-refractivity contribution >= 4 is 29.7 Å². The van der Waals surface area contributed by atoms with Gasteiger partial charge in [0.25, 0.3) is 5.82 Å². The van der Waals surface area contributed by atoms with Gasteiger partial charge in [0.1, 0.15) is 17.7 Å². The van der Waals surface area contributed by atoms with Crippen LogP contribution in [0.1, 0.15) is 46.2 Å². The molecule has 1 aromatic heterocycles. The quantitative estimate of drug-likeness (QED) is 0.672. The molecule has 0 bridgehead atoms. The minimum atomic E-state index is -1.10. The molecule has 4 atom stereocenters. The van der Waals surface area contributed by atoms with Gasteiger partial charge in [-0.1, -0.05) is 0 Å². The number of carbonyl (C=O) groups excluding carboxylic acids is 3. The first-order chi connectivity index (χ1) is 14.3. The maximum Gasteiger partial charge on any atom is 0.410 e.